The molecule has 0 aliphatic heterocycles. The van der Waals surface area contributed by atoms with Crippen LogP contribution in [0.5, 0.6) is 0 Å². The second-order valence-corrected chi connectivity index (χ2v) is 5.35. The Hall–Kier alpha value is -0.650. The maximum atomic E-state index is 5.55. The molecule has 1 N–H and O–H groups in total. The number of nitrogens with one attached hydrogen (secondary N) is 1. The molecule has 0 saturated carbocycles. The van der Waals surface area contributed by atoms with Crippen LogP contribution in [0.3, 0.4) is 0 Å². The van der Waals surface area contributed by atoms with Crippen LogP contribution in [0.25, 0.3) is 0 Å². The number of halogens is 2. The maximum Gasteiger partial charge on any atom is 0.169 e. The lowest BCUT2D eigenvalue weighted by Crippen LogP contribution is -2.18. The fourth-order valence-electron chi connectivity index (χ4n) is 1.60. The zero-order valence-corrected chi connectivity index (χ0v) is 12.5. The van der Waals surface area contributed by atoms with Crippen molar-refractivity contribution in [1.82, 2.24) is 10.3 Å². The van der Waals surface area contributed by atoms with Crippen molar-refractivity contribution < 1.29 is 4.42 Å². The van der Waals surface area contributed by atoms with E-state index in [4.69, 9.17) is 4.42 Å². The van der Waals surface area contributed by atoms with Crippen LogP contribution < -0.4 is 5.32 Å². The summed E-state index contributed by atoms with van der Waals surface area (Å²) in [5, 5.41) is 3.23. The normalized spacial score (nSPS) is 12.6. The van der Waals surface area contributed by atoms with E-state index in [1.165, 1.54) is 0 Å². The fraction of sp³-hybridized carbons (Fsp3) is 0.250. The van der Waals surface area contributed by atoms with Crippen LogP contribution in [-0.4, -0.2) is 12.0 Å². The molecule has 5 heteroatoms. The number of aromatic nitrogens is 1. The third kappa shape index (κ3) is 3.40. The predicted molar refractivity (Wildman–Crippen MR) is 73.8 cm³/mol. The number of rotatable bonds is 4. The van der Waals surface area contributed by atoms with E-state index in [0.29, 0.717) is 0 Å². The highest BCUT2D eigenvalue weighted by Gasteiger charge is 2.14. The first kappa shape index (κ1) is 12.8. The quantitative estimate of drug-likeness (QED) is 0.904. The van der Waals surface area contributed by atoms with Gasteiger partial charge in [-0.1, -0.05) is 0 Å². The molecule has 0 radical (unpaired) electrons. The zero-order valence-electron chi connectivity index (χ0n) is 9.28. The van der Waals surface area contributed by atoms with Gasteiger partial charge in [-0.2, -0.15) is 0 Å². The molecule has 0 spiro atoms. The van der Waals surface area contributed by atoms with E-state index in [0.717, 1.165) is 27.0 Å². The van der Waals surface area contributed by atoms with Crippen LogP contribution >= 0.6 is 31.9 Å². The Kier molecular flexibility index (Phi) is 4.36. The van der Waals surface area contributed by atoms with Crippen molar-refractivity contribution in [2.24, 2.45) is 0 Å². The van der Waals surface area contributed by atoms with Crippen molar-refractivity contribution in [3.8, 4) is 0 Å². The molecule has 0 amide bonds. The first-order valence-electron chi connectivity index (χ1n) is 5.22. The molecule has 17 heavy (non-hydrogen) atoms. The summed E-state index contributed by atoms with van der Waals surface area (Å²) in [6.45, 7) is 0. The van der Waals surface area contributed by atoms with Gasteiger partial charge in [-0.05, 0) is 63.2 Å². The lowest BCUT2D eigenvalue weighted by atomic mass is 10.1. The van der Waals surface area contributed by atoms with Gasteiger partial charge < -0.3 is 9.73 Å². The molecular formula is C12H12Br2N2O. The summed E-state index contributed by atoms with van der Waals surface area (Å²) in [6, 6.07) is 7.99. The lowest BCUT2D eigenvalue weighted by Gasteiger charge is -2.12. The van der Waals surface area contributed by atoms with E-state index in [9.17, 15) is 0 Å². The molecular weight excluding hydrogens is 348 g/mol. The van der Waals surface area contributed by atoms with Gasteiger partial charge in [-0.15, -0.1) is 0 Å². The van der Waals surface area contributed by atoms with E-state index < -0.39 is 0 Å². The number of nitrogens with zero attached hydrogens (tertiary/aromatic N) is 1. The minimum Gasteiger partial charge on any atom is -0.453 e. The highest BCUT2D eigenvalue weighted by molar-refractivity contribution is 9.10. The summed E-state index contributed by atoms with van der Waals surface area (Å²) in [5.41, 5.74) is 1.03. The molecule has 0 aromatic carbocycles. The highest BCUT2D eigenvalue weighted by Crippen LogP contribution is 2.23. The Morgan fingerprint density at radius 3 is 2.65 bits per heavy atom. The van der Waals surface area contributed by atoms with Gasteiger partial charge in [0.05, 0.1) is 6.04 Å². The molecule has 90 valence electrons. The van der Waals surface area contributed by atoms with Crippen molar-refractivity contribution in [3.05, 3.63) is 51.1 Å². The number of hydrogen-bond acceptors (Lipinski definition) is 3. The molecule has 1 atom stereocenters. The van der Waals surface area contributed by atoms with Gasteiger partial charge >= 0.3 is 0 Å². The molecule has 0 aliphatic carbocycles. The maximum absolute atomic E-state index is 5.55. The van der Waals surface area contributed by atoms with Crippen LogP contribution in [0.1, 0.15) is 17.5 Å². The largest absolute Gasteiger partial charge is 0.453 e. The highest BCUT2D eigenvalue weighted by atomic mass is 79.9. The van der Waals surface area contributed by atoms with Gasteiger partial charge in [-0.3, -0.25) is 4.98 Å². The summed E-state index contributed by atoms with van der Waals surface area (Å²) in [5.74, 6) is 0.907. The molecule has 2 aromatic heterocycles. The van der Waals surface area contributed by atoms with Gasteiger partial charge in [0.15, 0.2) is 4.67 Å². The lowest BCUT2D eigenvalue weighted by molar-refractivity contribution is 0.415. The smallest absolute Gasteiger partial charge is 0.169 e. The number of pyridine rings is 1. The Bertz CT molecular complexity index is 482. The first-order valence-corrected chi connectivity index (χ1v) is 6.80. The third-order valence-electron chi connectivity index (χ3n) is 2.49. The van der Waals surface area contributed by atoms with Crippen LogP contribution in [0.4, 0.5) is 0 Å². The standard InChI is InChI=1S/C12H12Br2N2O/c1-15-10(11-4-5-12(14)17-11)6-9-3-2-8(13)7-16-9/h2-5,7,10,15H,6H2,1H3. The second kappa shape index (κ2) is 5.80. The van der Waals surface area contributed by atoms with Crippen molar-refractivity contribution in [2.75, 3.05) is 7.05 Å². The van der Waals surface area contributed by atoms with Crippen molar-refractivity contribution in [1.29, 1.82) is 0 Å². The van der Waals surface area contributed by atoms with E-state index in [-0.39, 0.29) is 6.04 Å². The Morgan fingerprint density at radius 2 is 2.12 bits per heavy atom. The second-order valence-electron chi connectivity index (χ2n) is 3.66. The Morgan fingerprint density at radius 1 is 1.29 bits per heavy atom. The van der Waals surface area contributed by atoms with Gasteiger partial charge in [-0.25, -0.2) is 0 Å². The Balaban J connectivity index is 2.12. The van der Waals surface area contributed by atoms with Gasteiger partial charge in [0.1, 0.15) is 5.76 Å². The average molecular weight is 360 g/mol. The first-order chi connectivity index (χ1) is 8.19. The molecule has 0 aliphatic rings. The average Bonchev–Trinajstić information content (AvgIpc) is 2.75. The van der Waals surface area contributed by atoms with Crippen LogP contribution in [0, 0.1) is 0 Å². The molecule has 0 saturated heterocycles. The van der Waals surface area contributed by atoms with E-state index in [2.05, 4.69) is 42.2 Å². The van der Waals surface area contributed by atoms with E-state index in [1.807, 2.05) is 31.3 Å². The number of likely N-dealkylation sites (N-methyl/N-ethyl adjacent to an activating group) is 1. The minimum atomic E-state index is 0.134. The van der Waals surface area contributed by atoms with Gasteiger partial charge in [0.2, 0.25) is 0 Å². The Labute approximate surface area is 117 Å². The van der Waals surface area contributed by atoms with Crippen molar-refractivity contribution >= 4 is 31.9 Å². The molecule has 0 fully saturated rings. The fourth-order valence-corrected chi connectivity index (χ4v) is 2.15. The molecule has 2 rings (SSSR count). The molecule has 2 aromatic rings. The summed E-state index contributed by atoms with van der Waals surface area (Å²) in [6.07, 6.45) is 2.60. The van der Waals surface area contributed by atoms with Crippen LogP contribution in [0.15, 0.2) is 44.0 Å². The van der Waals surface area contributed by atoms with Crippen molar-refractivity contribution in [2.45, 2.75) is 12.5 Å². The molecule has 2 heterocycles. The van der Waals surface area contributed by atoms with Gasteiger partial charge in [0, 0.05) is 22.8 Å². The zero-order chi connectivity index (χ0) is 12.3. The summed E-state index contributed by atoms with van der Waals surface area (Å²) < 4.78 is 7.29. The van der Waals surface area contributed by atoms with E-state index in [1.54, 1.807) is 6.20 Å². The summed E-state index contributed by atoms with van der Waals surface area (Å²) >= 11 is 6.68. The number of hydrogen-bond donors (Lipinski definition) is 1. The summed E-state index contributed by atoms with van der Waals surface area (Å²) in [4.78, 5) is 4.36. The van der Waals surface area contributed by atoms with Crippen molar-refractivity contribution in [3.63, 3.8) is 0 Å². The number of furan rings is 1. The topological polar surface area (TPSA) is 38.1 Å². The molecule has 1 unspecified atom stereocenters. The molecule has 3 nitrogen and oxygen atoms in total. The molecule has 0 bridgehead atoms. The minimum absolute atomic E-state index is 0.134. The van der Waals surface area contributed by atoms with E-state index >= 15 is 0 Å². The van der Waals surface area contributed by atoms with Gasteiger partial charge in [0.25, 0.3) is 0 Å². The monoisotopic (exact) mass is 358 g/mol. The SMILES string of the molecule is CNC(Cc1ccc(Br)cn1)c1ccc(Br)o1. The third-order valence-corrected chi connectivity index (χ3v) is 3.38. The summed E-state index contributed by atoms with van der Waals surface area (Å²) in [7, 11) is 1.92. The van der Waals surface area contributed by atoms with Crippen LogP contribution in [-0.2, 0) is 6.42 Å². The van der Waals surface area contributed by atoms with Crippen LogP contribution in [0.2, 0.25) is 0 Å². The predicted octanol–water partition coefficient (Wildman–Crippen LogP) is 3.70.